The van der Waals surface area contributed by atoms with E-state index in [9.17, 15) is 4.39 Å². The number of oxime groups is 1. The highest BCUT2D eigenvalue weighted by Gasteiger charge is 2.07. The summed E-state index contributed by atoms with van der Waals surface area (Å²) in [6, 6.07) is 4.45. The maximum atomic E-state index is 13.4. The molecule has 94 valence electrons. The molecule has 0 fully saturated rings. The lowest BCUT2D eigenvalue weighted by Crippen LogP contribution is -2.22. The van der Waals surface area contributed by atoms with E-state index in [0.29, 0.717) is 12.1 Å². The molecule has 0 aliphatic carbocycles. The number of halogens is 1. The fourth-order valence-electron chi connectivity index (χ4n) is 1.65. The first-order valence-corrected chi connectivity index (χ1v) is 5.60. The average molecular weight is 239 g/mol. The van der Waals surface area contributed by atoms with Crippen LogP contribution in [0.2, 0.25) is 0 Å². The van der Waals surface area contributed by atoms with Crippen molar-refractivity contribution in [2.75, 3.05) is 13.1 Å². The van der Waals surface area contributed by atoms with Gasteiger partial charge in [0.05, 0.1) is 0 Å². The quantitative estimate of drug-likeness (QED) is 0.356. The molecule has 5 heteroatoms. The second kappa shape index (κ2) is 6.20. The number of rotatable bonds is 5. The van der Waals surface area contributed by atoms with Gasteiger partial charge in [-0.15, -0.1) is 0 Å². The summed E-state index contributed by atoms with van der Waals surface area (Å²) in [5.41, 5.74) is 6.66. The van der Waals surface area contributed by atoms with Crippen LogP contribution in [0.25, 0.3) is 0 Å². The van der Waals surface area contributed by atoms with Gasteiger partial charge in [-0.25, -0.2) is 4.39 Å². The maximum Gasteiger partial charge on any atom is 0.170 e. The molecule has 0 heterocycles. The fraction of sp³-hybridized carbons (Fsp3) is 0.417. The number of hydrogen-bond donors (Lipinski definition) is 2. The first-order chi connectivity index (χ1) is 8.10. The molecule has 1 aromatic carbocycles. The zero-order valence-electron chi connectivity index (χ0n) is 10.2. The van der Waals surface area contributed by atoms with Crippen molar-refractivity contribution in [1.29, 1.82) is 0 Å². The molecule has 0 amide bonds. The van der Waals surface area contributed by atoms with Crippen LogP contribution in [0.1, 0.15) is 25.0 Å². The van der Waals surface area contributed by atoms with E-state index in [1.807, 2.05) is 13.8 Å². The molecule has 0 saturated heterocycles. The second-order valence-electron chi connectivity index (χ2n) is 3.79. The largest absolute Gasteiger partial charge is 0.409 e. The minimum absolute atomic E-state index is 0.0784. The minimum Gasteiger partial charge on any atom is -0.409 e. The third-order valence-electron chi connectivity index (χ3n) is 2.66. The van der Waals surface area contributed by atoms with Gasteiger partial charge in [0.1, 0.15) is 5.82 Å². The Hall–Kier alpha value is -1.62. The average Bonchev–Trinajstić information content (AvgIpc) is 2.34. The molecular weight excluding hydrogens is 221 g/mol. The van der Waals surface area contributed by atoms with Crippen LogP contribution in [-0.4, -0.2) is 29.0 Å². The molecule has 0 spiro atoms. The molecule has 1 rings (SSSR count). The standard InChI is InChI=1S/C12H18FN3O/c1-3-16(4-2)8-9-5-10(12(14)15-17)7-11(13)6-9/h5-7,17H,3-4,8H2,1-2H3,(H2,14,15). The van der Waals surface area contributed by atoms with Crippen molar-refractivity contribution in [3.05, 3.63) is 35.1 Å². The highest BCUT2D eigenvalue weighted by atomic mass is 19.1. The third-order valence-corrected chi connectivity index (χ3v) is 2.66. The van der Waals surface area contributed by atoms with Crippen LogP contribution in [0.4, 0.5) is 4.39 Å². The van der Waals surface area contributed by atoms with Crippen LogP contribution in [0.5, 0.6) is 0 Å². The summed E-state index contributed by atoms with van der Waals surface area (Å²) in [6.45, 7) is 6.54. The van der Waals surface area contributed by atoms with Gasteiger partial charge in [0.25, 0.3) is 0 Å². The Morgan fingerprint density at radius 1 is 1.35 bits per heavy atom. The first-order valence-electron chi connectivity index (χ1n) is 5.60. The molecule has 0 saturated carbocycles. The fourth-order valence-corrected chi connectivity index (χ4v) is 1.65. The van der Waals surface area contributed by atoms with Gasteiger partial charge in [-0.05, 0) is 36.9 Å². The highest BCUT2D eigenvalue weighted by Crippen LogP contribution is 2.11. The topological polar surface area (TPSA) is 61.8 Å². The lowest BCUT2D eigenvalue weighted by Gasteiger charge is -2.18. The minimum atomic E-state index is -0.378. The molecule has 1 aromatic rings. The molecule has 4 nitrogen and oxygen atoms in total. The zero-order chi connectivity index (χ0) is 12.8. The van der Waals surface area contributed by atoms with Crippen LogP contribution in [0.15, 0.2) is 23.4 Å². The number of nitrogens with zero attached hydrogens (tertiary/aromatic N) is 2. The lowest BCUT2D eigenvalue weighted by molar-refractivity contribution is 0.295. The molecule has 0 aliphatic rings. The molecule has 0 bridgehead atoms. The normalized spacial score (nSPS) is 12.1. The van der Waals surface area contributed by atoms with Gasteiger partial charge in [0, 0.05) is 12.1 Å². The van der Waals surface area contributed by atoms with Crippen molar-refractivity contribution in [2.24, 2.45) is 10.9 Å². The van der Waals surface area contributed by atoms with Gasteiger partial charge in [0.2, 0.25) is 0 Å². The van der Waals surface area contributed by atoms with Gasteiger partial charge in [-0.2, -0.15) is 0 Å². The van der Waals surface area contributed by atoms with Crippen LogP contribution < -0.4 is 5.73 Å². The van der Waals surface area contributed by atoms with Crippen molar-refractivity contribution in [1.82, 2.24) is 4.90 Å². The molecule has 3 N–H and O–H groups in total. The summed E-state index contributed by atoms with van der Waals surface area (Å²) in [7, 11) is 0. The van der Waals surface area contributed by atoms with Gasteiger partial charge >= 0.3 is 0 Å². The molecule has 17 heavy (non-hydrogen) atoms. The van der Waals surface area contributed by atoms with Crippen molar-refractivity contribution < 1.29 is 9.60 Å². The van der Waals surface area contributed by atoms with E-state index >= 15 is 0 Å². The molecule has 0 aliphatic heterocycles. The second-order valence-corrected chi connectivity index (χ2v) is 3.79. The number of hydrogen-bond acceptors (Lipinski definition) is 3. The molecule has 0 unspecified atom stereocenters. The predicted molar refractivity (Wildman–Crippen MR) is 65.5 cm³/mol. The summed E-state index contributed by atoms with van der Waals surface area (Å²) in [4.78, 5) is 2.16. The van der Waals surface area contributed by atoms with Gasteiger partial charge < -0.3 is 10.9 Å². The van der Waals surface area contributed by atoms with E-state index in [1.165, 1.54) is 12.1 Å². The predicted octanol–water partition coefficient (Wildman–Crippen LogP) is 1.76. The smallest absolute Gasteiger partial charge is 0.170 e. The molecule has 0 atom stereocenters. The van der Waals surface area contributed by atoms with E-state index in [4.69, 9.17) is 10.9 Å². The van der Waals surface area contributed by atoms with Gasteiger partial charge in [-0.3, -0.25) is 4.90 Å². The third kappa shape index (κ3) is 3.71. The molecular formula is C12H18FN3O. The Balaban J connectivity index is 2.97. The van der Waals surface area contributed by atoms with Crippen LogP contribution >= 0.6 is 0 Å². The van der Waals surface area contributed by atoms with E-state index in [0.717, 1.165) is 18.7 Å². The van der Waals surface area contributed by atoms with Crippen LogP contribution in [0.3, 0.4) is 0 Å². The van der Waals surface area contributed by atoms with E-state index in [1.54, 1.807) is 6.07 Å². The summed E-state index contributed by atoms with van der Waals surface area (Å²) in [5, 5.41) is 11.4. The molecule has 0 radical (unpaired) electrons. The van der Waals surface area contributed by atoms with Crippen molar-refractivity contribution in [3.63, 3.8) is 0 Å². The summed E-state index contributed by atoms with van der Waals surface area (Å²) < 4.78 is 13.4. The summed E-state index contributed by atoms with van der Waals surface area (Å²) in [6.07, 6.45) is 0. The lowest BCUT2D eigenvalue weighted by atomic mass is 10.1. The van der Waals surface area contributed by atoms with Crippen LogP contribution in [-0.2, 0) is 6.54 Å². The zero-order valence-corrected chi connectivity index (χ0v) is 10.2. The number of amidine groups is 1. The molecule has 0 aromatic heterocycles. The highest BCUT2D eigenvalue weighted by molar-refractivity contribution is 5.97. The van der Waals surface area contributed by atoms with E-state index in [2.05, 4.69) is 10.1 Å². The Kier molecular flexibility index (Phi) is 4.90. The maximum absolute atomic E-state index is 13.4. The summed E-state index contributed by atoms with van der Waals surface area (Å²) in [5.74, 6) is -0.457. The Morgan fingerprint density at radius 3 is 2.53 bits per heavy atom. The van der Waals surface area contributed by atoms with Gasteiger partial charge in [0.15, 0.2) is 5.84 Å². The Labute approximate surface area is 101 Å². The number of benzene rings is 1. The van der Waals surface area contributed by atoms with E-state index < -0.39 is 0 Å². The van der Waals surface area contributed by atoms with E-state index in [-0.39, 0.29) is 11.7 Å². The first kappa shape index (κ1) is 13.4. The van der Waals surface area contributed by atoms with Crippen molar-refractivity contribution in [3.8, 4) is 0 Å². The Bertz CT molecular complexity index is 403. The monoisotopic (exact) mass is 239 g/mol. The Morgan fingerprint density at radius 2 is 2.00 bits per heavy atom. The summed E-state index contributed by atoms with van der Waals surface area (Å²) >= 11 is 0. The van der Waals surface area contributed by atoms with Gasteiger partial charge in [-0.1, -0.05) is 19.0 Å². The van der Waals surface area contributed by atoms with Crippen LogP contribution in [0, 0.1) is 5.82 Å². The van der Waals surface area contributed by atoms with Crippen molar-refractivity contribution in [2.45, 2.75) is 20.4 Å². The SMILES string of the molecule is CCN(CC)Cc1cc(F)cc(/C(N)=N/O)c1. The number of nitrogens with two attached hydrogens (primary N) is 1. The van der Waals surface area contributed by atoms with Crippen molar-refractivity contribution >= 4 is 5.84 Å².